The molecule has 16 aromatic rings. The minimum atomic E-state index is -1.02. The van der Waals surface area contributed by atoms with Gasteiger partial charge in [-0.15, -0.1) is 0 Å². The fourth-order valence-corrected chi connectivity index (χ4v) is 10.1. The maximum Gasteiger partial charge on any atom is 0.0636 e. The van der Waals surface area contributed by atoms with Gasteiger partial charge in [-0.25, -0.2) is 0 Å². The molecule has 0 aromatic heterocycles. The van der Waals surface area contributed by atoms with Gasteiger partial charge in [0.25, 0.3) is 0 Å². The predicted molar refractivity (Wildman–Crippen MR) is 346 cm³/mol. The second-order valence-electron chi connectivity index (χ2n) is 18.0. The summed E-state index contributed by atoms with van der Waals surface area (Å²) in [5, 5.41) is -3.18. The smallest absolute Gasteiger partial charge is 0.0616 e. The van der Waals surface area contributed by atoms with Gasteiger partial charge in [0.1, 0.15) is 0 Å². The molecule has 0 saturated carbocycles. The molecular weight excluding hydrogens is 961 g/mol. The van der Waals surface area contributed by atoms with Gasteiger partial charge in [0.05, 0.1) is 53.5 Å². The van der Waals surface area contributed by atoms with Crippen molar-refractivity contribution in [2.75, 3.05) is 0 Å². The van der Waals surface area contributed by atoms with E-state index in [0.717, 1.165) is 28.0 Å². The molecule has 16 aromatic carbocycles. The monoisotopic (exact) mass is 1050 g/mol. The Morgan fingerprint density at radius 2 is 0.588 bits per heavy atom. The summed E-state index contributed by atoms with van der Waals surface area (Å²) in [7, 11) is 0. The lowest BCUT2D eigenvalue weighted by Crippen LogP contribution is -1.91. The molecule has 0 N–H and O–H groups in total. The minimum Gasteiger partial charge on any atom is -0.0616 e. The molecular formula is C80H52. The molecule has 0 aliphatic rings. The molecule has 0 heterocycles. The average Bonchev–Trinajstić information content (AvgIpc) is 0.667. The Bertz CT molecular complexity index is 7390. The first-order chi connectivity index (χ1) is 55.9. The summed E-state index contributed by atoms with van der Waals surface area (Å²) in [6.45, 7) is 0. The third-order valence-electron chi connectivity index (χ3n) is 13.7. The van der Waals surface area contributed by atoms with Crippen LogP contribution >= 0.6 is 0 Å². The van der Waals surface area contributed by atoms with Gasteiger partial charge in [-0.2, -0.15) is 0 Å². The molecule has 0 amide bonds. The molecule has 0 aliphatic carbocycles. The van der Waals surface area contributed by atoms with E-state index in [1.165, 1.54) is 6.07 Å². The number of benzene rings is 16. The molecule has 0 atom stereocenters. The predicted octanol–water partition coefficient (Wildman–Crippen LogP) is 22.6. The molecule has 0 heteroatoms. The SMILES string of the molecule is [2H]c1cc2c(-c3c([2H])c([2H])c([2H])c4c([2H])c([2H])c([2H])c([2H])c34)c3c([2H])c([2H])c([2H])c([2H])c3c(-c3c([2H])c([2H])c(-c4c([2H])c([2H])c5c([2H])c([2H])c([2H])c([2H])c5c4[2H])c([2H])c3[2H])c2c([2H])c1[2H].[2H]c1cc2c(-c3c([2H])c([2H])c([2H])c4c([2H])c([2H])c([2H])c([2H])c34)c3c([2H])c([2H])c([2H])c([2H])c3c(-c3ccc(-c4ccc5ccccc5c4)cc3)c2c([2H])c1[2H]. The Balaban J connectivity index is 0.000000189. The Kier molecular flexibility index (Phi) is 5.41. The van der Waals surface area contributed by atoms with Gasteiger partial charge in [-0.1, -0.05) is 302 Å². The fraction of sp³-hybridized carbons (Fsp3) is 0. The van der Waals surface area contributed by atoms with E-state index in [9.17, 15) is 15.1 Å². The van der Waals surface area contributed by atoms with Crippen LogP contribution in [0, 0.1) is 0 Å². The standard InChI is InChI=1S/2C40H26/c2*1-2-12-31-26-32(25-22-27(31)10-1)28-20-23-30(24-21-28)39-35-15-5-7-17-37(35)40(38-18-8-6-16-36(38)39)34-19-9-13-29-11-3-4-14-33(29)34/h2*1-26H/i1D,2D,3D,4D,5D,6D,7D,8D,9D,10D,11D,12D,13D,14D,15D,16D,17D,19D,20D,21D,22D,23D,24D,25D,26D;3D,4D,5D,6D,7D,8D,9D,11D,13D,14D,15D,16D,17D,19D. The summed E-state index contributed by atoms with van der Waals surface area (Å²) in [6, 6.07) is -6.34. The summed E-state index contributed by atoms with van der Waals surface area (Å²) >= 11 is 0. The Labute approximate surface area is 520 Å². The van der Waals surface area contributed by atoms with Gasteiger partial charge in [0, 0.05) is 0 Å². The van der Waals surface area contributed by atoms with E-state index in [2.05, 4.69) is 0 Å². The van der Waals surface area contributed by atoms with E-state index in [-0.39, 0.29) is 49.0 Å². The first-order valence-electron chi connectivity index (χ1n) is 44.0. The van der Waals surface area contributed by atoms with Crippen LogP contribution < -0.4 is 0 Å². The lowest BCUT2D eigenvalue weighted by Gasteiger charge is -2.19. The highest BCUT2D eigenvalue weighted by atomic mass is 14.2. The zero-order valence-corrected chi connectivity index (χ0v) is 41.0. The molecule has 0 radical (unpaired) electrons. The van der Waals surface area contributed by atoms with Crippen LogP contribution in [0.15, 0.2) is 315 Å². The summed E-state index contributed by atoms with van der Waals surface area (Å²) in [6.07, 6.45) is 0. The van der Waals surface area contributed by atoms with Crippen LogP contribution in [0.2, 0.25) is 0 Å². The van der Waals surface area contributed by atoms with Crippen molar-refractivity contribution in [2.45, 2.75) is 0 Å². The van der Waals surface area contributed by atoms with Gasteiger partial charge in [0.15, 0.2) is 0 Å². The molecule has 0 nitrogen and oxygen atoms in total. The molecule has 0 bridgehead atoms. The number of fused-ring (bicyclic) bond motifs is 8. The third-order valence-corrected chi connectivity index (χ3v) is 13.7. The van der Waals surface area contributed by atoms with E-state index in [4.69, 9.17) is 38.4 Å². The molecule has 372 valence electrons. The van der Waals surface area contributed by atoms with Crippen LogP contribution in [-0.2, 0) is 0 Å². The van der Waals surface area contributed by atoms with E-state index in [0.29, 0.717) is 5.56 Å². The lowest BCUT2D eigenvalue weighted by atomic mass is 9.84. The van der Waals surface area contributed by atoms with E-state index >= 15 is 0 Å². The first kappa shape index (κ1) is 21.8. The van der Waals surface area contributed by atoms with Crippen molar-refractivity contribution in [3.8, 4) is 66.8 Å². The molecule has 16 rings (SSSR count). The lowest BCUT2D eigenvalue weighted by molar-refractivity contribution is 1.63. The van der Waals surface area contributed by atoms with Gasteiger partial charge in [0.2, 0.25) is 0 Å². The first-order valence-corrected chi connectivity index (χ1v) is 24.5. The van der Waals surface area contributed by atoms with Gasteiger partial charge in [-0.3, -0.25) is 0 Å². The quantitative estimate of drug-likeness (QED) is 0.146. The Morgan fingerprint density at radius 3 is 1.16 bits per heavy atom. The number of hydrogen-bond donors (Lipinski definition) is 0. The normalized spacial score (nSPS) is 18.3. The molecule has 0 aliphatic heterocycles. The highest BCUT2D eigenvalue weighted by Crippen LogP contribution is 2.47. The van der Waals surface area contributed by atoms with Crippen molar-refractivity contribution in [1.29, 1.82) is 0 Å². The molecule has 80 heavy (non-hydrogen) atoms. The van der Waals surface area contributed by atoms with Crippen molar-refractivity contribution in [1.82, 2.24) is 0 Å². The van der Waals surface area contributed by atoms with Crippen molar-refractivity contribution >= 4 is 86.2 Å². The Morgan fingerprint density at radius 1 is 0.188 bits per heavy atom. The summed E-state index contributed by atoms with van der Waals surface area (Å²) < 4.78 is 344. The minimum absolute atomic E-state index is 0.00600. The van der Waals surface area contributed by atoms with Crippen LogP contribution in [0.25, 0.3) is 153 Å². The largest absolute Gasteiger partial charge is 0.0636 e. The van der Waals surface area contributed by atoms with Crippen molar-refractivity contribution < 1.29 is 53.5 Å². The third kappa shape index (κ3) is 8.17. The molecule has 0 unspecified atom stereocenters. The van der Waals surface area contributed by atoms with E-state index in [1.807, 2.05) is 54.6 Å². The van der Waals surface area contributed by atoms with Crippen molar-refractivity contribution in [3.63, 3.8) is 0 Å². The summed E-state index contributed by atoms with van der Waals surface area (Å²) in [5.41, 5.74) is -2.10. The topological polar surface area (TPSA) is 0 Å². The number of hydrogen-bond acceptors (Lipinski definition) is 0. The van der Waals surface area contributed by atoms with Crippen molar-refractivity contribution in [2.24, 2.45) is 0 Å². The van der Waals surface area contributed by atoms with Crippen LogP contribution in [0.1, 0.15) is 53.5 Å². The van der Waals surface area contributed by atoms with Crippen LogP contribution in [0.4, 0.5) is 0 Å². The fourth-order valence-electron chi connectivity index (χ4n) is 10.1. The van der Waals surface area contributed by atoms with Crippen LogP contribution in [0.5, 0.6) is 0 Å². The van der Waals surface area contributed by atoms with Gasteiger partial charge >= 0.3 is 0 Å². The maximum atomic E-state index is 9.42. The maximum absolute atomic E-state index is 9.42. The highest BCUT2D eigenvalue weighted by Gasteiger charge is 2.20. The summed E-state index contributed by atoms with van der Waals surface area (Å²) in [5.74, 6) is 0. The van der Waals surface area contributed by atoms with E-state index in [1.54, 1.807) is 12.1 Å². The highest BCUT2D eigenvalue weighted by molar-refractivity contribution is 6.25. The van der Waals surface area contributed by atoms with Gasteiger partial charge < -0.3 is 0 Å². The second kappa shape index (κ2) is 19.9. The number of rotatable bonds is 6. The summed E-state index contributed by atoms with van der Waals surface area (Å²) in [4.78, 5) is 0. The van der Waals surface area contributed by atoms with Crippen LogP contribution in [0.3, 0.4) is 0 Å². The van der Waals surface area contributed by atoms with Crippen LogP contribution in [-0.4, -0.2) is 0 Å². The Hall–Kier alpha value is -10.4. The zero-order valence-electron chi connectivity index (χ0n) is 80.0. The van der Waals surface area contributed by atoms with Crippen molar-refractivity contribution in [3.05, 3.63) is 315 Å². The zero-order chi connectivity index (χ0) is 86.9. The average molecular weight is 1050 g/mol. The molecule has 0 saturated heterocycles. The molecule has 0 fully saturated rings. The molecule has 0 spiro atoms. The second-order valence-corrected chi connectivity index (χ2v) is 18.0. The van der Waals surface area contributed by atoms with Gasteiger partial charge in [-0.05, 0) is 165 Å². The van der Waals surface area contributed by atoms with E-state index < -0.39 is 312 Å².